The summed E-state index contributed by atoms with van der Waals surface area (Å²) in [5.41, 5.74) is 7.10. The van der Waals surface area contributed by atoms with E-state index in [1.165, 1.54) is 12.1 Å². The Labute approximate surface area is 366 Å². The quantitative estimate of drug-likeness (QED) is 0.0868. The normalized spacial score (nSPS) is 11.2. The van der Waals surface area contributed by atoms with Crippen molar-refractivity contribution in [3.8, 4) is 28.3 Å². The largest absolute Gasteiger partial charge is 0.307 e. The Morgan fingerprint density at radius 3 is 1.36 bits per heavy atom. The van der Waals surface area contributed by atoms with Gasteiger partial charge in [0.25, 0.3) is 0 Å². The molecule has 10 rings (SSSR count). The molecule has 10 aromatic carbocycles. The standard InChI is InChI=1S/C56H34F4N4/c1-33-6-4-8-38(26-33)47-28-40(57)30-49(59)55(47)63(43-18-10-35(32-61)11-19-43)51-24-14-36-13-23-46-52(25-15-37-12-22-45(51)53(36)54(37)46)64(44-20-16-42(62-3)17-21-44)56-48(29-41(58)31-50(56)60)39-9-5-7-34(2)27-39/h4-31H,1-2H3. The molecular formula is C56H34F4N4. The maximum Gasteiger partial charge on any atom is 0.187 e. The van der Waals surface area contributed by atoms with Gasteiger partial charge >= 0.3 is 0 Å². The van der Waals surface area contributed by atoms with Gasteiger partial charge in [-0.1, -0.05) is 108 Å². The smallest absolute Gasteiger partial charge is 0.187 e. The van der Waals surface area contributed by atoms with Crippen molar-refractivity contribution < 1.29 is 17.6 Å². The van der Waals surface area contributed by atoms with E-state index in [4.69, 9.17) is 6.57 Å². The zero-order valence-corrected chi connectivity index (χ0v) is 34.5. The molecule has 10 aromatic rings. The zero-order chi connectivity index (χ0) is 44.2. The van der Waals surface area contributed by atoms with Crippen molar-refractivity contribution in [2.75, 3.05) is 9.80 Å². The van der Waals surface area contributed by atoms with Gasteiger partial charge < -0.3 is 9.80 Å². The highest BCUT2D eigenvalue weighted by Gasteiger charge is 2.28. The summed E-state index contributed by atoms with van der Waals surface area (Å²) in [6, 6.07) is 50.9. The molecule has 0 aliphatic heterocycles. The average molecular weight is 839 g/mol. The van der Waals surface area contributed by atoms with E-state index >= 15 is 17.6 Å². The van der Waals surface area contributed by atoms with E-state index in [1.54, 1.807) is 58.3 Å². The summed E-state index contributed by atoms with van der Waals surface area (Å²) in [6.07, 6.45) is 0. The Morgan fingerprint density at radius 1 is 0.500 bits per heavy atom. The van der Waals surface area contributed by atoms with Crippen LogP contribution in [0.1, 0.15) is 16.7 Å². The molecule has 0 heterocycles. The van der Waals surface area contributed by atoms with Crippen LogP contribution in [0, 0.1) is 55.0 Å². The van der Waals surface area contributed by atoms with Crippen LogP contribution in [0.3, 0.4) is 0 Å². The van der Waals surface area contributed by atoms with Crippen LogP contribution in [0.4, 0.5) is 57.4 Å². The summed E-state index contributed by atoms with van der Waals surface area (Å²) in [5, 5.41) is 14.7. The number of nitriles is 1. The maximum atomic E-state index is 16.8. The Hall–Kier alpha value is -8.46. The van der Waals surface area contributed by atoms with Gasteiger partial charge in [0.2, 0.25) is 0 Å². The predicted molar refractivity (Wildman–Crippen MR) is 251 cm³/mol. The number of aryl methyl sites for hydroxylation is 2. The first-order chi connectivity index (χ1) is 31.1. The molecule has 0 saturated carbocycles. The molecule has 0 aromatic heterocycles. The monoisotopic (exact) mass is 838 g/mol. The molecule has 0 saturated heterocycles. The Kier molecular flexibility index (Phi) is 9.78. The van der Waals surface area contributed by atoms with Crippen molar-refractivity contribution in [3.63, 3.8) is 0 Å². The van der Waals surface area contributed by atoms with Gasteiger partial charge in [-0.25, -0.2) is 22.4 Å². The van der Waals surface area contributed by atoms with E-state index in [2.05, 4.69) is 10.9 Å². The average Bonchev–Trinajstić information content (AvgIpc) is 3.30. The van der Waals surface area contributed by atoms with Gasteiger partial charge in [-0.3, -0.25) is 0 Å². The minimum atomic E-state index is -0.778. The fourth-order valence-electron chi connectivity index (χ4n) is 8.95. The molecule has 306 valence electrons. The second-order valence-electron chi connectivity index (χ2n) is 15.9. The lowest BCUT2D eigenvalue weighted by atomic mass is 9.91. The van der Waals surface area contributed by atoms with Crippen molar-refractivity contribution in [3.05, 3.63) is 221 Å². The number of anilines is 6. The molecule has 0 bridgehead atoms. The molecule has 0 unspecified atom stereocenters. The molecule has 0 N–H and O–H groups in total. The molecule has 0 radical (unpaired) electrons. The van der Waals surface area contributed by atoms with Crippen molar-refractivity contribution >= 4 is 72.1 Å². The number of rotatable bonds is 8. The van der Waals surface area contributed by atoms with Crippen LogP contribution in [0.5, 0.6) is 0 Å². The summed E-state index contributed by atoms with van der Waals surface area (Å²) in [5.74, 6) is -3.00. The maximum absolute atomic E-state index is 16.8. The SMILES string of the molecule is [C-]#[N+]c1ccc(N(c2c(F)cc(F)cc2-c2cccc(C)c2)c2ccc3ccc4c(N(c5ccc(C#N)cc5)c5c(F)cc(F)cc5-c5cccc(C)c5)ccc5ccc2c3c54)cc1. The van der Waals surface area contributed by atoms with Gasteiger partial charge in [-0.15, -0.1) is 0 Å². The van der Waals surface area contributed by atoms with Crippen LogP contribution in [-0.2, 0) is 0 Å². The highest BCUT2D eigenvalue weighted by Crippen LogP contribution is 2.51. The van der Waals surface area contributed by atoms with Crippen LogP contribution in [0.15, 0.2) is 170 Å². The lowest BCUT2D eigenvalue weighted by Crippen LogP contribution is -2.15. The van der Waals surface area contributed by atoms with E-state index in [9.17, 15) is 5.26 Å². The predicted octanol–water partition coefficient (Wildman–Crippen LogP) is 16.5. The molecule has 0 aliphatic carbocycles. The molecule has 0 spiro atoms. The number of halogens is 4. The highest BCUT2D eigenvalue weighted by molar-refractivity contribution is 6.28. The lowest BCUT2D eigenvalue weighted by molar-refractivity contribution is 0.584. The van der Waals surface area contributed by atoms with Crippen molar-refractivity contribution in [2.24, 2.45) is 0 Å². The van der Waals surface area contributed by atoms with E-state index in [-0.39, 0.29) is 11.4 Å². The van der Waals surface area contributed by atoms with Gasteiger partial charge in [-0.05, 0) is 107 Å². The minimum Gasteiger partial charge on any atom is -0.307 e. The Morgan fingerprint density at radius 2 is 0.938 bits per heavy atom. The number of nitrogens with zero attached hydrogens (tertiary/aromatic N) is 4. The second kappa shape index (κ2) is 15.8. The first-order valence-corrected chi connectivity index (χ1v) is 20.5. The Balaban J connectivity index is 1.27. The summed E-state index contributed by atoms with van der Waals surface area (Å²) in [7, 11) is 0. The molecule has 8 heteroatoms. The fraction of sp³-hybridized carbons (Fsp3) is 0.0357. The molecule has 0 fully saturated rings. The van der Waals surface area contributed by atoms with Crippen LogP contribution in [0.2, 0.25) is 0 Å². The third kappa shape index (κ3) is 6.79. The summed E-state index contributed by atoms with van der Waals surface area (Å²) in [6.45, 7) is 11.5. The molecule has 0 aliphatic rings. The van der Waals surface area contributed by atoms with Gasteiger partial charge in [0.1, 0.15) is 11.6 Å². The summed E-state index contributed by atoms with van der Waals surface area (Å²) >= 11 is 0. The van der Waals surface area contributed by atoms with E-state index in [0.29, 0.717) is 56.3 Å². The van der Waals surface area contributed by atoms with Gasteiger partial charge in [0.15, 0.2) is 17.3 Å². The molecule has 0 amide bonds. The molecular weight excluding hydrogens is 805 g/mol. The van der Waals surface area contributed by atoms with Crippen LogP contribution in [0.25, 0.3) is 59.4 Å². The van der Waals surface area contributed by atoms with E-state index in [1.807, 2.05) is 111 Å². The number of benzene rings is 10. The first-order valence-electron chi connectivity index (χ1n) is 20.5. The first kappa shape index (κ1) is 39.7. The molecule has 4 nitrogen and oxygen atoms in total. The molecule has 64 heavy (non-hydrogen) atoms. The van der Waals surface area contributed by atoms with Crippen molar-refractivity contribution in [2.45, 2.75) is 13.8 Å². The number of hydrogen-bond donors (Lipinski definition) is 0. The second-order valence-corrected chi connectivity index (χ2v) is 15.9. The third-order valence-electron chi connectivity index (χ3n) is 11.8. The van der Waals surface area contributed by atoms with Crippen LogP contribution >= 0.6 is 0 Å². The zero-order valence-electron chi connectivity index (χ0n) is 34.5. The Bertz CT molecular complexity index is 3310. The highest BCUT2D eigenvalue weighted by atomic mass is 19.1. The minimum absolute atomic E-state index is 0.122. The van der Waals surface area contributed by atoms with Crippen LogP contribution < -0.4 is 9.80 Å². The van der Waals surface area contributed by atoms with Crippen LogP contribution in [-0.4, -0.2) is 0 Å². The van der Waals surface area contributed by atoms with Crippen molar-refractivity contribution in [1.29, 1.82) is 5.26 Å². The lowest BCUT2D eigenvalue weighted by Gasteiger charge is -2.31. The van der Waals surface area contributed by atoms with Gasteiger partial charge in [0.05, 0.1) is 41.0 Å². The fourth-order valence-corrected chi connectivity index (χ4v) is 8.95. The topological polar surface area (TPSA) is 34.6 Å². The van der Waals surface area contributed by atoms with Gasteiger partial charge in [0, 0.05) is 45.4 Å². The summed E-state index contributed by atoms with van der Waals surface area (Å²) in [4.78, 5) is 7.13. The summed E-state index contributed by atoms with van der Waals surface area (Å²) < 4.78 is 64.2. The number of hydrogen-bond acceptors (Lipinski definition) is 3. The van der Waals surface area contributed by atoms with Crippen molar-refractivity contribution in [1.82, 2.24) is 0 Å². The molecule has 0 atom stereocenters. The van der Waals surface area contributed by atoms with Gasteiger partial charge in [-0.2, -0.15) is 5.26 Å². The van der Waals surface area contributed by atoms with E-state index < -0.39 is 23.3 Å². The van der Waals surface area contributed by atoms with E-state index in [0.717, 1.165) is 55.6 Å². The third-order valence-corrected chi connectivity index (χ3v) is 11.8.